The van der Waals surface area contributed by atoms with E-state index < -0.39 is 22.0 Å². The molecule has 2 N–H and O–H groups in total. The van der Waals surface area contributed by atoms with Crippen LogP contribution in [-0.4, -0.2) is 32.0 Å². The molecule has 0 aromatic heterocycles. The number of hydrogen-bond donors (Lipinski definition) is 2. The number of halogens is 1. The van der Waals surface area contributed by atoms with Gasteiger partial charge < -0.3 is 19.3 Å². The molecule has 0 atom stereocenters. The van der Waals surface area contributed by atoms with E-state index >= 15 is 0 Å². The predicted molar refractivity (Wildman–Crippen MR) is 140 cm³/mol. The molecular weight excluding hydrogens is 564 g/mol. The molecule has 0 fully saturated rings. The molecule has 190 valence electrons. The molecule has 0 heterocycles. The molecule has 3 aromatic carbocycles. The van der Waals surface area contributed by atoms with E-state index in [0.29, 0.717) is 5.56 Å². The van der Waals surface area contributed by atoms with Crippen molar-refractivity contribution in [3.63, 3.8) is 0 Å². The minimum Gasteiger partial charge on any atom is -0.490 e. The first-order valence-electron chi connectivity index (χ1n) is 10.8. The summed E-state index contributed by atoms with van der Waals surface area (Å²) in [5.41, 5.74) is 0.785. The molecule has 0 saturated carbocycles. The van der Waals surface area contributed by atoms with Crippen molar-refractivity contribution in [2.45, 2.75) is 18.7 Å². The van der Waals surface area contributed by atoms with E-state index in [9.17, 15) is 28.4 Å². The third-order valence-electron chi connectivity index (χ3n) is 4.92. The van der Waals surface area contributed by atoms with Crippen molar-refractivity contribution in [1.82, 2.24) is 0 Å². The Bertz CT molecular complexity index is 1530. The summed E-state index contributed by atoms with van der Waals surface area (Å²) in [6.07, 6.45) is 1.25. The van der Waals surface area contributed by atoms with Gasteiger partial charge in [0.25, 0.3) is 5.91 Å². The Morgan fingerprint density at radius 3 is 2.43 bits per heavy atom. The van der Waals surface area contributed by atoms with E-state index in [4.69, 9.17) is 8.92 Å². The number of benzene rings is 3. The van der Waals surface area contributed by atoms with E-state index in [1.165, 1.54) is 48.5 Å². The van der Waals surface area contributed by atoms with Crippen molar-refractivity contribution >= 4 is 49.7 Å². The monoisotopic (exact) mass is 584 g/mol. The number of ether oxygens (including phenoxy) is 1. The van der Waals surface area contributed by atoms with Gasteiger partial charge in [-0.15, -0.1) is 0 Å². The Hall–Kier alpha value is -4.14. The second kappa shape index (κ2) is 11.7. The first-order valence-corrected chi connectivity index (χ1v) is 13.0. The summed E-state index contributed by atoms with van der Waals surface area (Å²) in [7, 11) is -4.18. The average Bonchev–Trinajstić information content (AvgIpc) is 2.85. The maximum Gasteiger partial charge on any atom is 0.339 e. The van der Waals surface area contributed by atoms with Crippen LogP contribution in [0.15, 0.2) is 75.6 Å². The van der Waals surface area contributed by atoms with Crippen LogP contribution in [-0.2, 0) is 14.9 Å². The standard InChI is InChI=1S/C26H21BrN2O7S/c1-3-35-23-14-17(12-18(15-28)25(30)29-22-7-5-4-6-20(22)26(31)32)13-21(27)24(23)36-37(33,34)19-10-8-16(2)9-11-19/h4-14H,3H2,1-2H3,(H,29,30)(H,31,32)/b18-12+. The zero-order valence-electron chi connectivity index (χ0n) is 19.7. The number of aryl methyl sites for hydroxylation is 1. The number of nitrogens with zero attached hydrogens (tertiary/aromatic N) is 1. The summed E-state index contributed by atoms with van der Waals surface area (Å²) in [5, 5.41) is 21.3. The highest BCUT2D eigenvalue weighted by Crippen LogP contribution is 2.39. The third kappa shape index (κ3) is 6.75. The van der Waals surface area contributed by atoms with Gasteiger partial charge in [-0.2, -0.15) is 13.7 Å². The minimum absolute atomic E-state index is 0.0300. The second-order valence-electron chi connectivity index (χ2n) is 7.59. The van der Waals surface area contributed by atoms with Gasteiger partial charge >= 0.3 is 16.1 Å². The van der Waals surface area contributed by atoms with Gasteiger partial charge in [-0.05, 0) is 77.8 Å². The highest BCUT2D eigenvalue weighted by atomic mass is 79.9. The van der Waals surface area contributed by atoms with Crippen LogP contribution >= 0.6 is 15.9 Å². The Balaban J connectivity index is 1.95. The molecule has 0 radical (unpaired) electrons. The maximum absolute atomic E-state index is 12.8. The Kier molecular flexibility index (Phi) is 8.70. The van der Waals surface area contributed by atoms with Crippen molar-refractivity contribution in [1.29, 1.82) is 5.26 Å². The topological polar surface area (TPSA) is 143 Å². The average molecular weight is 585 g/mol. The fourth-order valence-electron chi connectivity index (χ4n) is 3.16. The molecule has 0 saturated heterocycles. The summed E-state index contributed by atoms with van der Waals surface area (Å²) in [5.74, 6) is -2.10. The molecule has 37 heavy (non-hydrogen) atoms. The van der Waals surface area contributed by atoms with Crippen LogP contribution in [0.1, 0.15) is 28.4 Å². The van der Waals surface area contributed by atoms with Crippen LogP contribution in [0.3, 0.4) is 0 Å². The lowest BCUT2D eigenvalue weighted by Gasteiger charge is -2.15. The number of amides is 1. The molecule has 0 bridgehead atoms. The van der Waals surface area contributed by atoms with Gasteiger partial charge in [0.2, 0.25) is 0 Å². The SMILES string of the molecule is CCOc1cc(/C=C(\C#N)C(=O)Nc2ccccc2C(=O)O)cc(Br)c1OS(=O)(=O)c1ccc(C)cc1. The Morgan fingerprint density at radius 2 is 1.81 bits per heavy atom. The van der Waals surface area contributed by atoms with Gasteiger partial charge in [0.15, 0.2) is 11.5 Å². The number of carboxylic acid groups (broad SMARTS) is 1. The van der Waals surface area contributed by atoms with Crippen molar-refractivity contribution < 1.29 is 32.0 Å². The lowest BCUT2D eigenvalue weighted by Crippen LogP contribution is -2.16. The van der Waals surface area contributed by atoms with E-state index in [2.05, 4.69) is 21.2 Å². The van der Waals surface area contributed by atoms with Crippen molar-refractivity contribution in [3.05, 3.63) is 87.4 Å². The number of carbonyl (C=O) groups excluding carboxylic acids is 1. The number of carbonyl (C=O) groups is 2. The molecular formula is C26H21BrN2O7S. The second-order valence-corrected chi connectivity index (χ2v) is 9.99. The molecule has 0 aliphatic heterocycles. The van der Waals surface area contributed by atoms with E-state index in [-0.39, 0.29) is 44.3 Å². The lowest BCUT2D eigenvalue weighted by atomic mass is 10.1. The number of hydrogen-bond acceptors (Lipinski definition) is 7. The molecule has 0 aliphatic carbocycles. The summed E-state index contributed by atoms with van der Waals surface area (Å²) in [4.78, 5) is 24.1. The van der Waals surface area contributed by atoms with Gasteiger partial charge in [-0.3, -0.25) is 4.79 Å². The van der Waals surface area contributed by atoms with Gasteiger partial charge in [0, 0.05) is 0 Å². The smallest absolute Gasteiger partial charge is 0.339 e. The normalized spacial score (nSPS) is 11.4. The quantitative estimate of drug-likeness (QED) is 0.199. The number of anilines is 1. The summed E-state index contributed by atoms with van der Waals surface area (Å²) < 4.78 is 36.8. The summed E-state index contributed by atoms with van der Waals surface area (Å²) in [6, 6.07) is 16.6. The minimum atomic E-state index is -4.18. The molecule has 0 aliphatic rings. The zero-order chi connectivity index (χ0) is 27.2. The number of nitriles is 1. The van der Waals surface area contributed by atoms with E-state index in [1.54, 1.807) is 31.2 Å². The first-order chi connectivity index (χ1) is 17.6. The van der Waals surface area contributed by atoms with E-state index in [0.717, 1.165) is 5.56 Å². The third-order valence-corrected chi connectivity index (χ3v) is 6.74. The number of rotatable bonds is 9. The molecule has 0 spiro atoms. The maximum atomic E-state index is 12.8. The van der Waals surface area contributed by atoms with Crippen LogP contribution in [0, 0.1) is 18.3 Å². The zero-order valence-corrected chi connectivity index (χ0v) is 22.1. The number of carboxylic acids is 1. The highest BCUT2D eigenvalue weighted by molar-refractivity contribution is 9.10. The van der Waals surface area contributed by atoms with Gasteiger partial charge in [-0.1, -0.05) is 29.8 Å². The highest BCUT2D eigenvalue weighted by Gasteiger charge is 2.23. The fourth-order valence-corrected chi connectivity index (χ4v) is 4.77. The number of para-hydroxylation sites is 1. The molecule has 3 aromatic rings. The number of aromatic carboxylic acids is 1. The Morgan fingerprint density at radius 1 is 1.14 bits per heavy atom. The van der Waals surface area contributed by atoms with Crippen molar-refractivity contribution in [2.24, 2.45) is 0 Å². The molecule has 9 nitrogen and oxygen atoms in total. The van der Waals surface area contributed by atoms with Gasteiger partial charge in [-0.25, -0.2) is 4.79 Å². The van der Waals surface area contributed by atoms with Crippen LogP contribution in [0.5, 0.6) is 11.5 Å². The Labute approximate surface area is 222 Å². The first kappa shape index (κ1) is 27.4. The fraction of sp³-hybridized carbons (Fsp3) is 0.115. The van der Waals surface area contributed by atoms with Crippen LogP contribution < -0.4 is 14.2 Å². The van der Waals surface area contributed by atoms with Crippen molar-refractivity contribution in [3.8, 4) is 17.6 Å². The van der Waals surface area contributed by atoms with Crippen LogP contribution in [0.2, 0.25) is 0 Å². The largest absolute Gasteiger partial charge is 0.490 e. The summed E-state index contributed by atoms with van der Waals surface area (Å²) >= 11 is 3.29. The van der Waals surface area contributed by atoms with Crippen LogP contribution in [0.4, 0.5) is 5.69 Å². The lowest BCUT2D eigenvalue weighted by molar-refractivity contribution is -0.112. The van der Waals surface area contributed by atoms with E-state index in [1.807, 2.05) is 6.92 Å². The molecule has 11 heteroatoms. The number of nitrogens with one attached hydrogen (secondary N) is 1. The molecule has 1 amide bonds. The van der Waals surface area contributed by atoms with Gasteiger partial charge in [0.1, 0.15) is 16.5 Å². The van der Waals surface area contributed by atoms with Crippen LogP contribution in [0.25, 0.3) is 6.08 Å². The molecule has 0 unspecified atom stereocenters. The molecule has 3 rings (SSSR count). The van der Waals surface area contributed by atoms with Crippen molar-refractivity contribution in [2.75, 3.05) is 11.9 Å². The summed E-state index contributed by atoms with van der Waals surface area (Å²) in [6.45, 7) is 3.70. The predicted octanol–water partition coefficient (Wildman–Crippen LogP) is 5.17. The van der Waals surface area contributed by atoms with Gasteiger partial charge in [0.05, 0.1) is 22.3 Å².